The molecule has 7 heteroatoms. The molecule has 2 saturated heterocycles. The molecule has 0 aliphatic carbocycles. The topological polar surface area (TPSA) is 58.6 Å². The minimum atomic E-state index is -0.363. The van der Waals surface area contributed by atoms with Crippen molar-refractivity contribution in [3.8, 4) is 0 Å². The minimum Gasteiger partial charge on any atom is -0.363 e. The normalized spacial score (nSPS) is 20.2. The second-order valence-corrected chi connectivity index (χ2v) is 7.30. The monoisotopic (exact) mass is 370 g/mol. The number of likely N-dealkylation sites (tertiary alicyclic amines) is 1. The van der Waals surface area contributed by atoms with E-state index in [2.05, 4.69) is 14.9 Å². The summed E-state index contributed by atoms with van der Waals surface area (Å²) < 4.78 is 19.6. The average molecular weight is 370 g/mol. The molecule has 4 rings (SSSR count). The number of carbonyl (C=O) groups is 1. The number of carbonyl (C=O) groups excluding carboxylic acids is 1. The Morgan fingerprint density at radius 3 is 2.81 bits per heavy atom. The van der Waals surface area contributed by atoms with Gasteiger partial charge >= 0.3 is 0 Å². The first-order chi connectivity index (χ1) is 13.0. The van der Waals surface area contributed by atoms with Crippen LogP contribution >= 0.6 is 0 Å². The lowest BCUT2D eigenvalue weighted by Crippen LogP contribution is -2.58. The van der Waals surface area contributed by atoms with E-state index in [1.807, 2.05) is 13.0 Å². The zero-order chi connectivity index (χ0) is 18.9. The molecular weight excluding hydrogens is 347 g/mol. The third kappa shape index (κ3) is 3.99. The molecule has 2 fully saturated rings. The van der Waals surface area contributed by atoms with E-state index < -0.39 is 0 Å². The Kier molecular flexibility index (Phi) is 4.88. The number of aromatic nitrogens is 2. The molecule has 0 atom stereocenters. The zero-order valence-corrected chi connectivity index (χ0v) is 15.4. The molecule has 142 valence electrons. The smallest absolute Gasteiger partial charge is 0.253 e. The number of nitrogens with zero attached hydrogens (tertiary/aromatic N) is 4. The second kappa shape index (κ2) is 7.32. The highest BCUT2D eigenvalue weighted by Crippen LogP contribution is 2.33. The Hall–Kier alpha value is -2.38. The lowest BCUT2D eigenvalue weighted by Gasteiger charge is -2.47. The maximum Gasteiger partial charge on any atom is 0.253 e. The fourth-order valence-electron chi connectivity index (χ4n) is 3.84. The van der Waals surface area contributed by atoms with Gasteiger partial charge < -0.3 is 9.64 Å². The van der Waals surface area contributed by atoms with Gasteiger partial charge in [0, 0.05) is 31.5 Å². The first kappa shape index (κ1) is 18.0. The van der Waals surface area contributed by atoms with Gasteiger partial charge in [-0.2, -0.15) is 0 Å². The maximum atomic E-state index is 13.6. The Morgan fingerprint density at radius 1 is 1.26 bits per heavy atom. The van der Waals surface area contributed by atoms with E-state index in [-0.39, 0.29) is 23.9 Å². The van der Waals surface area contributed by atoms with Gasteiger partial charge in [-0.1, -0.05) is 6.07 Å². The summed E-state index contributed by atoms with van der Waals surface area (Å²) in [6.45, 7) is 4.92. The van der Waals surface area contributed by atoms with Crippen LogP contribution < -0.4 is 4.90 Å². The molecule has 0 radical (unpaired) electrons. The molecule has 1 amide bonds. The van der Waals surface area contributed by atoms with Crippen LogP contribution in [0.3, 0.4) is 0 Å². The van der Waals surface area contributed by atoms with Crippen LogP contribution in [0.4, 0.5) is 10.1 Å². The number of rotatable bonds is 3. The largest absolute Gasteiger partial charge is 0.363 e. The van der Waals surface area contributed by atoms with Crippen molar-refractivity contribution in [3.05, 3.63) is 53.9 Å². The van der Waals surface area contributed by atoms with Gasteiger partial charge in [0.2, 0.25) is 0 Å². The molecule has 27 heavy (non-hydrogen) atoms. The number of aryl methyl sites for hydroxylation is 1. The number of benzene rings is 1. The molecule has 0 saturated carbocycles. The van der Waals surface area contributed by atoms with Gasteiger partial charge in [0.25, 0.3) is 5.91 Å². The van der Waals surface area contributed by atoms with Crippen molar-refractivity contribution < 1.29 is 13.9 Å². The summed E-state index contributed by atoms with van der Waals surface area (Å²) in [7, 11) is 0. The maximum absolute atomic E-state index is 13.6. The van der Waals surface area contributed by atoms with Crippen LogP contribution in [0.5, 0.6) is 0 Å². The minimum absolute atomic E-state index is 0.0433. The first-order valence-corrected chi connectivity index (χ1v) is 9.24. The molecule has 1 spiro atoms. The quantitative estimate of drug-likeness (QED) is 0.830. The van der Waals surface area contributed by atoms with Crippen LogP contribution in [0.1, 0.15) is 24.4 Å². The molecule has 1 aromatic heterocycles. The number of hydrogen-bond acceptors (Lipinski definition) is 5. The number of halogens is 1. The van der Waals surface area contributed by atoms with Crippen molar-refractivity contribution in [2.45, 2.75) is 31.9 Å². The molecule has 6 nitrogen and oxygen atoms in total. The Balaban J connectivity index is 1.42. The fourth-order valence-corrected chi connectivity index (χ4v) is 3.84. The van der Waals surface area contributed by atoms with Crippen molar-refractivity contribution >= 4 is 11.6 Å². The van der Waals surface area contributed by atoms with E-state index in [0.29, 0.717) is 12.2 Å². The van der Waals surface area contributed by atoms with Gasteiger partial charge in [-0.15, -0.1) is 0 Å². The summed E-state index contributed by atoms with van der Waals surface area (Å²) in [6, 6.07) is 8.14. The second-order valence-electron chi connectivity index (χ2n) is 7.30. The van der Waals surface area contributed by atoms with Crippen LogP contribution in [0.25, 0.3) is 0 Å². The van der Waals surface area contributed by atoms with E-state index in [9.17, 15) is 9.18 Å². The van der Waals surface area contributed by atoms with Crippen molar-refractivity contribution in [3.63, 3.8) is 0 Å². The molecule has 0 N–H and O–H groups in total. The van der Waals surface area contributed by atoms with Gasteiger partial charge in [-0.25, -0.2) is 14.4 Å². The first-order valence-electron chi connectivity index (χ1n) is 9.24. The molecule has 0 bridgehead atoms. The molecule has 2 aliphatic heterocycles. The van der Waals surface area contributed by atoms with Gasteiger partial charge in [0.05, 0.1) is 17.8 Å². The van der Waals surface area contributed by atoms with Gasteiger partial charge in [-0.3, -0.25) is 9.69 Å². The summed E-state index contributed by atoms with van der Waals surface area (Å²) >= 11 is 0. The summed E-state index contributed by atoms with van der Waals surface area (Å²) in [4.78, 5) is 24.9. The van der Waals surface area contributed by atoms with Crippen molar-refractivity contribution in [2.75, 3.05) is 31.1 Å². The Labute approximate surface area is 158 Å². The third-order valence-electron chi connectivity index (χ3n) is 5.36. The summed E-state index contributed by atoms with van der Waals surface area (Å²) in [6.07, 6.45) is 3.45. The summed E-state index contributed by atoms with van der Waals surface area (Å²) in [5.41, 5.74) is 1.25. The Bertz CT molecular complexity index is 836. The standard InChI is InChI=1S/C20H23FN4O2/c1-15-22-8-5-17(23-15)12-24-9-6-20(7-10-24)14-25(19(26)13-27-20)18-4-2-3-16(21)11-18/h2-5,8,11H,6-7,9-10,12-14H2,1H3. The number of ether oxygens (including phenoxy) is 1. The van der Waals surface area contributed by atoms with Gasteiger partial charge in [0.15, 0.2) is 0 Å². The number of anilines is 1. The SMILES string of the molecule is Cc1nccc(CN2CCC3(CC2)CN(c2cccc(F)c2)C(=O)CO3)n1. The molecular formula is C20H23FN4O2. The zero-order valence-electron chi connectivity index (χ0n) is 15.4. The lowest BCUT2D eigenvalue weighted by molar-refractivity contribution is -0.145. The molecule has 3 heterocycles. The highest BCUT2D eigenvalue weighted by Gasteiger charge is 2.42. The molecule has 2 aliphatic rings. The van der Waals surface area contributed by atoms with Gasteiger partial charge in [0.1, 0.15) is 18.2 Å². The summed E-state index contributed by atoms with van der Waals surface area (Å²) in [5, 5.41) is 0. The number of hydrogen-bond donors (Lipinski definition) is 0. The van der Waals surface area contributed by atoms with Gasteiger partial charge in [-0.05, 0) is 44.0 Å². The predicted octanol–water partition coefficient (Wildman–Crippen LogP) is 2.32. The van der Waals surface area contributed by atoms with Crippen LogP contribution in [0.15, 0.2) is 36.5 Å². The molecule has 1 aromatic carbocycles. The number of piperidine rings is 1. The van der Waals surface area contributed by atoms with Crippen molar-refractivity contribution in [1.29, 1.82) is 0 Å². The predicted molar refractivity (Wildman–Crippen MR) is 98.7 cm³/mol. The van der Waals surface area contributed by atoms with E-state index in [1.165, 1.54) is 12.1 Å². The summed E-state index contributed by atoms with van der Waals surface area (Å²) in [5.74, 6) is 0.321. The van der Waals surface area contributed by atoms with E-state index >= 15 is 0 Å². The van der Waals surface area contributed by atoms with E-state index in [4.69, 9.17) is 4.74 Å². The van der Waals surface area contributed by atoms with Crippen LogP contribution in [0, 0.1) is 12.7 Å². The number of amides is 1. The van der Waals surface area contributed by atoms with E-state index in [1.54, 1.807) is 23.2 Å². The third-order valence-corrected chi connectivity index (χ3v) is 5.36. The van der Waals surface area contributed by atoms with Crippen LogP contribution in [-0.2, 0) is 16.1 Å². The molecule has 0 unspecified atom stereocenters. The Morgan fingerprint density at radius 2 is 2.07 bits per heavy atom. The fraction of sp³-hybridized carbons (Fsp3) is 0.450. The van der Waals surface area contributed by atoms with E-state index in [0.717, 1.165) is 44.0 Å². The number of morpholine rings is 1. The van der Waals surface area contributed by atoms with Crippen LogP contribution in [-0.4, -0.2) is 52.6 Å². The van der Waals surface area contributed by atoms with Crippen molar-refractivity contribution in [1.82, 2.24) is 14.9 Å². The highest BCUT2D eigenvalue weighted by molar-refractivity contribution is 5.95. The lowest BCUT2D eigenvalue weighted by atomic mass is 9.89. The van der Waals surface area contributed by atoms with Crippen LogP contribution in [0.2, 0.25) is 0 Å². The van der Waals surface area contributed by atoms with Crippen molar-refractivity contribution in [2.24, 2.45) is 0 Å². The molecule has 2 aromatic rings. The highest BCUT2D eigenvalue weighted by atomic mass is 19.1. The average Bonchev–Trinajstić information content (AvgIpc) is 2.66.